The van der Waals surface area contributed by atoms with Crippen LogP contribution < -0.4 is 15.5 Å². The fourth-order valence-corrected chi connectivity index (χ4v) is 5.41. The molecule has 5 rings (SSSR count). The Hall–Kier alpha value is -4.05. The van der Waals surface area contributed by atoms with Crippen molar-refractivity contribution in [3.05, 3.63) is 99.0 Å². The Bertz CT molecular complexity index is 1490. The Morgan fingerprint density at radius 3 is 2.55 bits per heavy atom. The van der Waals surface area contributed by atoms with Gasteiger partial charge in [0, 0.05) is 43.5 Å². The van der Waals surface area contributed by atoms with Crippen LogP contribution in [0.15, 0.2) is 59.5 Å². The molecule has 1 fully saturated rings. The lowest BCUT2D eigenvalue weighted by Crippen LogP contribution is -2.51. The minimum Gasteiger partial charge on any atom is -0.483 e. The first-order valence-electron chi connectivity index (χ1n) is 13.4. The van der Waals surface area contributed by atoms with Crippen LogP contribution in [-0.2, 0) is 19.7 Å². The van der Waals surface area contributed by atoms with Gasteiger partial charge in [0.1, 0.15) is 30.0 Å². The van der Waals surface area contributed by atoms with Crippen molar-refractivity contribution >= 4 is 11.8 Å². The molecule has 0 saturated carbocycles. The van der Waals surface area contributed by atoms with Crippen molar-refractivity contribution in [1.82, 2.24) is 19.7 Å². The minimum atomic E-state index is -0.805. The fourth-order valence-electron chi connectivity index (χ4n) is 5.41. The van der Waals surface area contributed by atoms with Gasteiger partial charge in [0.25, 0.3) is 11.8 Å². The Labute approximate surface area is 231 Å². The summed E-state index contributed by atoms with van der Waals surface area (Å²) in [6.07, 6.45) is 1.15. The number of benzene rings is 2. The molecule has 8 nitrogen and oxygen atoms in total. The van der Waals surface area contributed by atoms with E-state index in [1.54, 1.807) is 9.47 Å². The molecule has 40 heavy (non-hydrogen) atoms. The second-order valence-corrected chi connectivity index (χ2v) is 10.8. The molecule has 1 N–H and O–H groups in total. The third kappa shape index (κ3) is 5.36. The Morgan fingerprint density at radius 2 is 1.85 bits per heavy atom. The van der Waals surface area contributed by atoms with E-state index in [1.807, 2.05) is 30.3 Å². The van der Waals surface area contributed by atoms with E-state index in [0.717, 1.165) is 24.2 Å². The molecule has 0 radical (unpaired) electrons. The van der Waals surface area contributed by atoms with E-state index < -0.39 is 23.0 Å². The lowest BCUT2D eigenvalue weighted by Gasteiger charge is -2.37. The first-order valence-corrected chi connectivity index (χ1v) is 13.4. The molecule has 10 heteroatoms. The summed E-state index contributed by atoms with van der Waals surface area (Å²) in [5.74, 6) is -2.42. The van der Waals surface area contributed by atoms with Crippen LogP contribution in [-0.4, -0.2) is 51.5 Å². The Balaban J connectivity index is 1.51. The van der Waals surface area contributed by atoms with Gasteiger partial charge in [-0.2, -0.15) is 0 Å². The highest BCUT2D eigenvalue weighted by atomic mass is 19.1. The molecule has 1 unspecified atom stereocenters. The number of nitrogens with zero attached hydrogens (tertiary/aromatic N) is 3. The molecule has 0 bridgehead atoms. The average Bonchev–Trinajstić information content (AvgIpc) is 3.22. The summed E-state index contributed by atoms with van der Waals surface area (Å²) in [5, 5.41) is 2.55. The van der Waals surface area contributed by atoms with E-state index in [9.17, 15) is 23.2 Å². The van der Waals surface area contributed by atoms with E-state index in [2.05, 4.69) is 31.0 Å². The van der Waals surface area contributed by atoms with Gasteiger partial charge in [-0.15, -0.1) is 0 Å². The molecule has 2 amide bonds. The van der Waals surface area contributed by atoms with Crippen molar-refractivity contribution in [1.29, 1.82) is 0 Å². The molecule has 2 aliphatic heterocycles. The molecule has 2 aliphatic rings. The average molecular weight is 551 g/mol. The van der Waals surface area contributed by atoms with Crippen molar-refractivity contribution < 1.29 is 23.1 Å². The highest BCUT2D eigenvalue weighted by molar-refractivity contribution is 5.99. The van der Waals surface area contributed by atoms with Crippen LogP contribution in [0.4, 0.5) is 8.78 Å². The maximum Gasteiger partial charge on any atom is 0.275 e. The smallest absolute Gasteiger partial charge is 0.275 e. The van der Waals surface area contributed by atoms with Crippen molar-refractivity contribution in [3.63, 3.8) is 0 Å². The minimum absolute atomic E-state index is 0.0293. The van der Waals surface area contributed by atoms with Gasteiger partial charge in [-0.05, 0) is 24.5 Å². The van der Waals surface area contributed by atoms with Crippen molar-refractivity contribution in [2.24, 2.45) is 5.92 Å². The van der Waals surface area contributed by atoms with Gasteiger partial charge < -0.3 is 19.5 Å². The third-order valence-electron chi connectivity index (χ3n) is 7.33. The van der Waals surface area contributed by atoms with E-state index >= 15 is 0 Å². The predicted molar refractivity (Wildman–Crippen MR) is 145 cm³/mol. The van der Waals surface area contributed by atoms with Crippen LogP contribution in [0.3, 0.4) is 0 Å². The zero-order chi connectivity index (χ0) is 28.6. The van der Waals surface area contributed by atoms with Crippen LogP contribution in [0.2, 0.25) is 0 Å². The largest absolute Gasteiger partial charge is 0.483 e. The number of carbonyl (C=O) groups is 2. The van der Waals surface area contributed by atoms with E-state index in [0.29, 0.717) is 19.0 Å². The monoisotopic (exact) mass is 550 g/mol. The third-order valence-corrected chi connectivity index (χ3v) is 7.33. The summed E-state index contributed by atoms with van der Waals surface area (Å²) in [5.41, 5.74) is 0.0241. The Morgan fingerprint density at radius 1 is 1.10 bits per heavy atom. The SMILES string of the molecule is CC(C)CN1C2Cn3cc(C(=O)NCc4ccc(F)cc4F)c(=O)c(OCc4ccccc4)c3C(=O)N2C[C@@H]1C. The number of rotatable bonds is 8. The number of pyridine rings is 1. The van der Waals surface area contributed by atoms with Gasteiger partial charge in [0.2, 0.25) is 5.43 Å². The number of carbonyl (C=O) groups excluding carboxylic acids is 2. The van der Waals surface area contributed by atoms with Gasteiger partial charge in [-0.1, -0.05) is 50.2 Å². The van der Waals surface area contributed by atoms with E-state index in [4.69, 9.17) is 4.74 Å². The molecule has 1 aromatic heterocycles. The quantitative estimate of drug-likeness (QED) is 0.462. The first kappa shape index (κ1) is 27.5. The lowest BCUT2D eigenvalue weighted by atomic mass is 10.1. The molecule has 210 valence electrons. The standard InChI is InChI=1S/C30H32F2N4O4/c1-18(2)13-35-19(3)14-36-25(35)16-34-15-23(29(38)33-12-21-9-10-22(31)11-24(21)32)27(37)28(26(34)30(36)39)40-17-20-7-5-4-6-8-20/h4-11,15,18-19,25H,12-14,16-17H2,1-3H3,(H,33,38)/t19-,25?/m0/s1. The summed E-state index contributed by atoms with van der Waals surface area (Å²) in [7, 11) is 0. The van der Waals surface area contributed by atoms with Gasteiger partial charge >= 0.3 is 0 Å². The normalized spacial score (nSPS) is 18.6. The van der Waals surface area contributed by atoms with Gasteiger partial charge in [-0.25, -0.2) is 8.78 Å². The lowest BCUT2D eigenvalue weighted by molar-refractivity contribution is 0.0462. The van der Waals surface area contributed by atoms with Crippen LogP contribution in [0.5, 0.6) is 5.75 Å². The zero-order valence-corrected chi connectivity index (χ0v) is 22.7. The van der Waals surface area contributed by atoms with E-state index in [1.165, 1.54) is 12.3 Å². The molecule has 1 saturated heterocycles. The highest BCUT2D eigenvalue weighted by Gasteiger charge is 2.45. The number of hydrogen-bond acceptors (Lipinski definition) is 5. The molecular weight excluding hydrogens is 518 g/mol. The molecule has 0 aliphatic carbocycles. The molecule has 2 aromatic carbocycles. The summed E-state index contributed by atoms with van der Waals surface area (Å²) < 4.78 is 35.0. The second kappa shape index (κ2) is 11.2. The summed E-state index contributed by atoms with van der Waals surface area (Å²) in [6.45, 7) is 7.76. The van der Waals surface area contributed by atoms with Crippen LogP contribution in [0.1, 0.15) is 52.7 Å². The van der Waals surface area contributed by atoms with Gasteiger partial charge in [0.15, 0.2) is 11.4 Å². The number of fused-ring (bicyclic) bond motifs is 2. The van der Waals surface area contributed by atoms with Crippen LogP contribution >= 0.6 is 0 Å². The Kier molecular flexibility index (Phi) is 7.71. The number of hydrogen-bond donors (Lipinski definition) is 1. The maximum absolute atomic E-state index is 14.1. The van der Waals surface area contributed by atoms with Crippen LogP contribution in [0.25, 0.3) is 0 Å². The first-order chi connectivity index (χ1) is 19.1. The highest BCUT2D eigenvalue weighted by Crippen LogP contribution is 2.32. The fraction of sp³-hybridized carbons (Fsp3) is 0.367. The second-order valence-electron chi connectivity index (χ2n) is 10.8. The summed E-state index contributed by atoms with van der Waals surface area (Å²) >= 11 is 0. The molecule has 2 atom stereocenters. The predicted octanol–water partition coefficient (Wildman–Crippen LogP) is 3.78. The number of nitrogens with one attached hydrogen (secondary N) is 1. The van der Waals surface area contributed by atoms with Gasteiger partial charge in [-0.3, -0.25) is 19.3 Å². The summed E-state index contributed by atoms with van der Waals surface area (Å²) in [6, 6.07) is 12.4. The van der Waals surface area contributed by atoms with E-state index in [-0.39, 0.29) is 53.8 Å². The maximum atomic E-state index is 14.1. The summed E-state index contributed by atoms with van der Waals surface area (Å²) in [4.78, 5) is 44.7. The number of halogens is 2. The number of aromatic nitrogens is 1. The van der Waals surface area contributed by atoms with Gasteiger partial charge in [0.05, 0.1) is 6.54 Å². The zero-order valence-electron chi connectivity index (χ0n) is 22.7. The molecule has 3 aromatic rings. The number of amides is 2. The van der Waals surface area contributed by atoms with Crippen molar-refractivity contribution in [2.45, 2.75) is 52.7 Å². The topological polar surface area (TPSA) is 83.9 Å². The molecule has 3 heterocycles. The van der Waals surface area contributed by atoms with Crippen LogP contribution in [0, 0.1) is 17.6 Å². The molecular formula is C30H32F2N4O4. The number of ether oxygens (including phenoxy) is 1. The molecule has 0 spiro atoms. The van der Waals surface area contributed by atoms with Crippen molar-refractivity contribution in [3.8, 4) is 5.75 Å². The van der Waals surface area contributed by atoms with Crippen molar-refractivity contribution in [2.75, 3.05) is 13.1 Å².